The van der Waals surface area contributed by atoms with Crippen LogP contribution >= 0.6 is 0 Å². The largest absolute Gasteiger partial charge is 0.466 e. The Morgan fingerprint density at radius 1 is 0.511 bits per heavy atom. The van der Waals surface area contributed by atoms with Crippen LogP contribution in [-0.4, -0.2) is 53.0 Å². The van der Waals surface area contributed by atoms with Gasteiger partial charge >= 0.3 is 5.97 Å². The highest BCUT2D eigenvalue weighted by atomic mass is 16.5. The van der Waals surface area contributed by atoms with Gasteiger partial charge in [0.1, 0.15) is 22.6 Å². The quantitative estimate of drug-likeness (QED) is 0.143. The van der Waals surface area contributed by atoms with E-state index in [2.05, 4.69) is 21.3 Å². The predicted octanol–water partition coefficient (Wildman–Crippen LogP) is 7.60. The van der Waals surface area contributed by atoms with Gasteiger partial charge in [-0.3, -0.25) is 0 Å². The van der Waals surface area contributed by atoms with Crippen molar-refractivity contribution in [1.82, 2.24) is 39.9 Å². The first kappa shape index (κ1) is 28.0. The minimum atomic E-state index is -0.347. The third kappa shape index (κ3) is 4.79. The van der Waals surface area contributed by atoms with Crippen molar-refractivity contribution in [3.8, 4) is 45.6 Å². The molecule has 2 N–H and O–H groups in total. The maximum Gasteiger partial charge on any atom is 0.332 e. The number of nitrogens with zero attached hydrogens (tertiary/aromatic N) is 6. The summed E-state index contributed by atoms with van der Waals surface area (Å²) in [6, 6.07) is 32.2. The second-order valence-corrected chi connectivity index (χ2v) is 11.1. The van der Waals surface area contributed by atoms with E-state index in [0.717, 1.165) is 43.8 Å². The fraction of sp³-hybridized carbons (Fsp3) is 0.0541. The lowest BCUT2D eigenvalue weighted by Crippen LogP contribution is -1.98. The number of carbonyl (C=O) groups is 1. The Balaban J connectivity index is 0.000000420. The van der Waals surface area contributed by atoms with Crippen LogP contribution in [0.25, 0.3) is 89.7 Å². The van der Waals surface area contributed by atoms with Crippen molar-refractivity contribution in [2.45, 2.75) is 6.92 Å². The molecule has 2 aliphatic heterocycles. The molecule has 0 aliphatic carbocycles. The van der Waals surface area contributed by atoms with Crippen LogP contribution in [0.15, 0.2) is 109 Å². The maximum atomic E-state index is 10.2. The molecule has 3 aromatic heterocycles. The molecule has 0 saturated heterocycles. The van der Waals surface area contributed by atoms with E-state index in [4.69, 9.17) is 29.9 Å². The van der Waals surface area contributed by atoms with Crippen LogP contribution in [0.1, 0.15) is 6.92 Å². The first-order valence-electron chi connectivity index (χ1n) is 14.9. The van der Waals surface area contributed by atoms with Crippen molar-refractivity contribution in [3.05, 3.63) is 109 Å². The third-order valence-electron chi connectivity index (χ3n) is 7.99. The summed E-state index contributed by atoms with van der Waals surface area (Å²) in [7, 11) is 1.33. The van der Waals surface area contributed by atoms with Gasteiger partial charge in [0.25, 0.3) is 0 Å². The zero-order chi connectivity index (χ0) is 32.1. The van der Waals surface area contributed by atoms with Crippen LogP contribution in [0.5, 0.6) is 0 Å². The Labute approximate surface area is 267 Å². The normalized spacial score (nSPS) is 11.4. The molecule has 226 valence electrons. The number of fused-ring (bicyclic) bond motifs is 20. The Morgan fingerprint density at radius 3 is 1.02 bits per heavy atom. The van der Waals surface area contributed by atoms with Gasteiger partial charge in [0, 0.05) is 49.4 Å². The van der Waals surface area contributed by atoms with Gasteiger partial charge in [0.15, 0.2) is 23.3 Å². The topological polar surface area (TPSA) is 135 Å². The van der Waals surface area contributed by atoms with E-state index in [-0.39, 0.29) is 5.97 Å². The summed E-state index contributed by atoms with van der Waals surface area (Å²) in [4.78, 5) is 47.0. The van der Waals surface area contributed by atoms with Crippen molar-refractivity contribution in [3.63, 3.8) is 0 Å². The number of carbonyl (C=O) groups excluding carboxylic acids is 1. The highest BCUT2D eigenvalue weighted by molar-refractivity contribution is 6.06. The average Bonchev–Trinajstić information content (AvgIpc) is 3.84. The Kier molecular flexibility index (Phi) is 6.61. The van der Waals surface area contributed by atoms with Crippen LogP contribution in [0.3, 0.4) is 0 Å². The minimum Gasteiger partial charge on any atom is -0.466 e. The highest BCUT2D eigenvalue weighted by Crippen LogP contribution is 2.36. The maximum absolute atomic E-state index is 10.2. The van der Waals surface area contributed by atoms with E-state index >= 15 is 0 Å². The monoisotopic (exact) mass is 614 g/mol. The van der Waals surface area contributed by atoms with Crippen molar-refractivity contribution < 1.29 is 9.53 Å². The number of rotatable bonds is 1. The molecule has 8 bridgehead atoms. The summed E-state index contributed by atoms with van der Waals surface area (Å²) in [5.41, 5.74) is 6.88. The molecule has 0 atom stereocenters. The average molecular weight is 615 g/mol. The Bertz CT molecular complexity index is 2260. The molecule has 10 heteroatoms. The fourth-order valence-corrected chi connectivity index (χ4v) is 5.77. The van der Waals surface area contributed by atoms with E-state index in [9.17, 15) is 4.79 Å². The lowest BCUT2D eigenvalue weighted by atomic mass is 10.1. The first-order chi connectivity index (χ1) is 23.0. The highest BCUT2D eigenvalue weighted by Gasteiger charge is 2.21. The molecule has 2 aliphatic rings. The fourth-order valence-electron chi connectivity index (χ4n) is 5.77. The van der Waals surface area contributed by atoms with Crippen LogP contribution in [0.2, 0.25) is 0 Å². The molecular formula is C37H26N8O2. The zero-order valence-corrected chi connectivity index (χ0v) is 25.4. The molecule has 0 fully saturated rings. The van der Waals surface area contributed by atoms with E-state index in [1.807, 2.05) is 97.1 Å². The van der Waals surface area contributed by atoms with Gasteiger partial charge < -0.3 is 14.7 Å². The van der Waals surface area contributed by atoms with Gasteiger partial charge in [-0.2, -0.15) is 0 Å². The molecule has 0 amide bonds. The summed E-state index contributed by atoms with van der Waals surface area (Å²) in [5, 5.41) is 3.82. The van der Waals surface area contributed by atoms with Gasteiger partial charge in [0.2, 0.25) is 0 Å². The number of methoxy groups -OCH3 is 1. The number of nitrogens with one attached hydrogen (secondary N) is 2. The van der Waals surface area contributed by atoms with Crippen LogP contribution in [-0.2, 0) is 9.53 Å². The van der Waals surface area contributed by atoms with Gasteiger partial charge in [-0.05, 0) is 6.92 Å². The molecular weight excluding hydrogens is 588 g/mol. The van der Waals surface area contributed by atoms with E-state index < -0.39 is 0 Å². The van der Waals surface area contributed by atoms with Crippen LogP contribution in [0, 0.1) is 0 Å². The lowest BCUT2D eigenvalue weighted by molar-refractivity contribution is -0.136. The molecule has 47 heavy (non-hydrogen) atoms. The van der Waals surface area contributed by atoms with Gasteiger partial charge in [-0.1, -0.05) is 104 Å². The Hall–Kier alpha value is -6.55. The summed E-state index contributed by atoms with van der Waals surface area (Å²) >= 11 is 0. The van der Waals surface area contributed by atoms with Gasteiger partial charge in [-0.15, -0.1) is 0 Å². The van der Waals surface area contributed by atoms with Crippen molar-refractivity contribution in [1.29, 1.82) is 0 Å². The van der Waals surface area contributed by atoms with Gasteiger partial charge in [0.05, 0.1) is 7.11 Å². The molecule has 4 aromatic carbocycles. The molecule has 0 unspecified atom stereocenters. The molecule has 0 saturated carbocycles. The smallest absolute Gasteiger partial charge is 0.332 e. The summed E-state index contributed by atoms with van der Waals surface area (Å²) in [5.74, 6) is 2.04. The van der Waals surface area contributed by atoms with E-state index in [1.165, 1.54) is 7.11 Å². The summed E-state index contributed by atoms with van der Waals surface area (Å²) in [6.07, 6.45) is 0. The SMILES string of the molecule is C=C(C)C(=O)OC.c1ccc2c(c1)-c1nc-2nc2[nH]c(nc3nc(nc4[nH]c(n1)c1ccccc41)-c1ccccc1-3)c1ccccc21. The second-order valence-electron chi connectivity index (χ2n) is 11.1. The molecule has 0 spiro atoms. The number of esters is 1. The first-order valence-corrected chi connectivity index (χ1v) is 14.9. The molecule has 0 radical (unpaired) electrons. The summed E-state index contributed by atoms with van der Waals surface area (Å²) < 4.78 is 4.27. The third-order valence-corrected chi connectivity index (χ3v) is 7.99. The number of ether oxygens (including phenoxy) is 1. The number of hydrogen-bond donors (Lipinski definition) is 2. The number of H-pyrrole nitrogens is 2. The molecule has 10 nitrogen and oxygen atoms in total. The lowest BCUT2D eigenvalue weighted by Gasteiger charge is -1.96. The minimum absolute atomic E-state index is 0.347. The number of hydrogen-bond acceptors (Lipinski definition) is 8. The molecule has 7 aromatic rings. The number of aromatic nitrogens is 8. The van der Waals surface area contributed by atoms with Crippen molar-refractivity contribution in [2.75, 3.05) is 7.11 Å². The summed E-state index contributed by atoms with van der Waals surface area (Å²) in [6.45, 7) is 4.95. The zero-order valence-electron chi connectivity index (χ0n) is 25.4. The van der Waals surface area contributed by atoms with Crippen LogP contribution in [0.4, 0.5) is 0 Å². The van der Waals surface area contributed by atoms with Gasteiger partial charge in [-0.25, -0.2) is 34.7 Å². The standard InChI is InChI=1S/C32H18N8.C5H8O2/c1-2-10-18-17(9-1)25-33-26(18)38-28-21-13-5-6-14-22(21)30(35-28)40-32-24-16-8-7-15-23(24)31(36-32)39-29-20-12-4-3-11-19(20)27(34-29)37-25;1-4(2)5(6)7-3/h1-16H,(H2,33,34,35,36,37,38,39,40);1H2,2-3H3. The predicted molar refractivity (Wildman–Crippen MR) is 183 cm³/mol. The number of aromatic amines is 2. The van der Waals surface area contributed by atoms with E-state index in [1.54, 1.807) is 6.92 Å². The number of benzene rings is 4. The molecule has 9 rings (SSSR count). The second kappa shape index (κ2) is 11.1. The van der Waals surface area contributed by atoms with Crippen molar-refractivity contribution >= 4 is 50.1 Å². The van der Waals surface area contributed by atoms with E-state index in [0.29, 0.717) is 51.5 Å². The van der Waals surface area contributed by atoms with Crippen LogP contribution < -0.4 is 0 Å². The molecule has 5 heterocycles. The van der Waals surface area contributed by atoms with Crippen molar-refractivity contribution in [2.24, 2.45) is 0 Å². The Morgan fingerprint density at radius 2 is 0.787 bits per heavy atom.